The number of hydrogen-bond donors (Lipinski definition) is 0. The molecule has 0 saturated carbocycles. The topological polar surface area (TPSA) is 26.8 Å². The Morgan fingerprint density at radius 2 is 1.81 bits per heavy atom. The molecule has 1 atom stereocenters. The molecule has 2 rings (SSSR count). The van der Waals surface area contributed by atoms with Gasteiger partial charge >= 0.3 is 0 Å². The predicted molar refractivity (Wildman–Crippen MR) is 64.3 cm³/mol. The lowest BCUT2D eigenvalue weighted by molar-refractivity contribution is -0.133. The first-order valence-electron chi connectivity index (χ1n) is 6.33. The van der Waals surface area contributed by atoms with E-state index in [-0.39, 0.29) is 0 Å². The Hall–Kier alpha value is -0.610. The quantitative estimate of drug-likeness (QED) is 0.674. The van der Waals surface area contributed by atoms with E-state index in [1.165, 1.54) is 12.8 Å². The van der Waals surface area contributed by atoms with Crippen LogP contribution in [0.5, 0.6) is 0 Å². The van der Waals surface area contributed by atoms with Crippen molar-refractivity contribution in [3.63, 3.8) is 0 Å². The summed E-state index contributed by atoms with van der Waals surface area (Å²) in [5.74, 6) is 0.354. The van der Waals surface area contributed by atoms with Crippen molar-refractivity contribution in [1.29, 1.82) is 0 Å². The summed E-state index contributed by atoms with van der Waals surface area (Å²) in [6, 6.07) is 0.493. The molecule has 4 nitrogen and oxygen atoms in total. The van der Waals surface area contributed by atoms with Crippen LogP contribution >= 0.6 is 0 Å². The lowest BCUT2D eigenvalue weighted by Gasteiger charge is -2.33. The highest BCUT2D eigenvalue weighted by Gasteiger charge is 2.26. The molecule has 0 spiro atoms. The van der Waals surface area contributed by atoms with E-state index in [1.807, 2.05) is 4.90 Å². The van der Waals surface area contributed by atoms with E-state index < -0.39 is 0 Å². The molecular weight excluding hydrogens is 202 g/mol. The predicted octanol–water partition coefficient (Wildman–Crippen LogP) is 0.245. The molecule has 0 aromatic carbocycles. The molecule has 0 N–H and O–H groups in total. The van der Waals surface area contributed by atoms with Crippen LogP contribution in [0.3, 0.4) is 0 Å². The summed E-state index contributed by atoms with van der Waals surface area (Å²) >= 11 is 0. The molecule has 2 aliphatic rings. The third-order valence-electron chi connectivity index (χ3n) is 3.94. The number of carbonyl (C=O) groups is 1. The van der Waals surface area contributed by atoms with Crippen molar-refractivity contribution in [2.75, 3.05) is 46.8 Å². The Bertz CT molecular complexity index is 249. The molecule has 16 heavy (non-hydrogen) atoms. The molecular formula is C12H23N3O. The minimum atomic E-state index is 0.354. The average Bonchev–Trinajstić information content (AvgIpc) is 2.65. The summed E-state index contributed by atoms with van der Waals surface area (Å²) in [5, 5.41) is 0. The highest BCUT2D eigenvalue weighted by molar-refractivity contribution is 5.77. The first kappa shape index (κ1) is 11.9. The van der Waals surface area contributed by atoms with Crippen LogP contribution in [-0.2, 0) is 4.79 Å². The van der Waals surface area contributed by atoms with Gasteiger partial charge < -0.3 is 14.7 Å². The Kier molecular flexibility index (Phi) is 3.82. The van der Waals surface area contributed by atoms with Gasteiger partial charge in [0.1, 0.15) is 0 Å². The molecule has 0 aromatic heterocycles. The van der Waals surface area contributed by atoms with E-state index in [1.54, 1.807) is 0 Å². The zero-order chi connectivity index (χ0) is 11.5. The lowest BCUT2D eigenvalue weighted by Crippen LogP contribution is -2.48. The number of hydrogen-bond acceptors (Lipinski definition) is 3. The van der Waals surface area contributed by atoms with Crippen molar-refractivity contribution < 1.29 is 4.79 Å². The molecule has 4 heteroatoms. The monoisotopic (exact) mass is 225 g/mol. The second-order valence-electron chi connectivity index (χ2n) is 5.16. The van der Waals surface area contributed by atoms with Crippen molar-refractivity contribution in [2.24, 2.45) is 0 Å². The molecule has 0 aliphatic carbocycles. The number of amides is 1. The third kappa shape index (κ3) is 2.74. The van der Waals surface area contributed by atoms with Crippen LogP contribution in [0.2, 0.25) is 0 Å². The summed E-state index contributed by atoms with van der Waals surface area (Å²) in [4.78, 5) is 18.7. The summed E-state index contributed by atoms with van der Waals surface area (Å²) in [6.45, 7) is 5.01. The van der Waals surface area contributed by atoms with E-state index in [9.17, 15) is 4.79 Å². The Labute approximate surface area is 98.2 Å². The van der Waals surface area contributed by atoms with Crippen molar-refractivity contribution in [1.82, 2.24) is 14.7 Å². The van der Waals surface area contributed by atoms with Crippen LogP contribution in [0.25, 0.3) is 0 Å². The number of likely N-dealkylation sites (tertiary alicyclic amines) is 1. The van der Waals surface area contributed by atoms with Gasteiger partial charge in [-0.3, -0.25) is 4.79 Å². The molecule has 2 saturated heterocycles. The third-order valence-corrected chi connectivity index (χ3v) is 3.94. The molecule has 1 amide bonds. The molecule has 2 heterocycles. The first-order valence-corrected chi connectivity index (χ1v) is 6.33. The maximum Gasteiger partial charge on any atom is 0.224 e. The zero-order valence-corrected chi connectivity index (χ0v) is 10.5. The SMILES string of the molecule is CN1CCN(C(=O)CC2CCCN2C)CC1. The van der Waals surface area contributed by atoms with Crippen LogP contribution in [0.4, 0.5) is 0 Å². The molecule has 2 fully saturated rings. The number of nitrogens with zero attached hydrogens (tertiary/aromatic N) is 3. The van der Waals surface area contributed by atoms with Gasteiger partial charge in [-0.2, -0.15) is 0 Å². The Morgan fingerprint density at radius 3 is 2.38 bits per heavy atom. The van der Waals surface area contributed by atoms with E-state index in [2.05, 4.69) is 23.9 Å². The van der Waals surface area contributed by atoms with Gasteiger partial charge in [-0.15, -0.1) is 0 Å². The van der Waals surface area contributed by atoms with Crippen molar-refractivity contribution in [2.45, 2.75) is 25.3 Å². The normalized spacial score (nSPS) is 28.6. The zero-order valence-electron chi connectivity index (χ0n) is 10.5. The fourth-order valence-corrected chi connectivity index (χ4v) is 2.62. The summed E-state index contributed by atoms with van der Waals surface area (Å²) in [5.41, 5.74) is 0. The van der Waals surface area contributed by atoms with Crippen LogP contribution < -0.4 is 0 Å². The van der Waals surface area contributed by atoms with E-state index in [4.69, 9.17) is 0 Å². The fraction of sp³-hybridized carbons (Fsp3) is 0.917. The summed E-state index contributed by atoms with van der Waals surface area (Å²) < 4.78 is 0. The number of likely N-dealkylation sites (N-methyl/N-ethyl adjacent to an activating group) is 1. The van der Waals surface area contributed by atoms with E-state index in [0.717, 1.165) is 39.1 Å². The van der Waals surface area contributed by atoms with Crippen LogP contribution in [0.1, 0.15) is 19.3 Å². The largest absolute Gasteiger partial charge is 0.340 e. The van der Waals surface area contributed by atoms with Gasteiger partial charge in [0.25, 0.3) is 0 Å². The Morgan fingerprint density at radius 1 is 1.12 bits per heavy atom. The highest BCUT2D eigenvalue weighted by Crippen LogP contribution is 2.19. The molecule has 1 unspecified atom stereocenters. The van der Waals surface area contributed by atoms with Gasteiger partial charge in [0, 0.05) is 38.6 Å². The standard InChI is InChI=1S/C12H23N3O/c1-13-6-8-15(9-7-13)12(16)10-11-4-3-5-14(11)2/h11H,3-10H2,1-2H3. The summed E-state index contributed by atoms with van der Waals surface area (Å²) in [7, 11) is 4.25. The van der Waals surface area contributed by atoms with Gasteiger partial charge in [-0.25, -0.2) is 0 Å². The van der Waals surface area contributed by atoms with Gasteiger partial charge in [0.05, 0.1) is 0 Å². The first-order chi connectivity index (χ1) is 7.66. The average molecular weight is 225 g/mol. The second kappa shape index (κ2) is 5.15. The van der Waals surface area contributed by atoms with Gasteiger partial charge in [-0.05, 0) is 33.5 Å². The van der Waals surface area contributed by atoms with Crippen LogP contribution in [-0.4, -0.2) is 73.5 Å². The number of carbonyl (C=O) groups excluding carboxylic acids is 1. The maximum absolute atomic E-state index is 12.1. The fourth-order valence-electron chi connectivity index (χ4n) is 2.62. The van der Waals surface area contributed by atoms with Gasteiger partial charge in [0.15, 0.2) is 0 Å². The van der Waals surface area contributed by atoms with E-state index >= 15 is 0 Å². The smallest absolute Gasteiger partial charge is 0.224 e. The molecule has 0 bridgehead atoms. The van der Waals surface area contributed by atoms with E-state index in [0.29, 0.717) is 11.9 Å². The van der Waals surface area contributed by atoms with Crippen molar-refractivity contribution in [3.8, 4) is 0 Å². The maximum atomic E-state index is 12.1. The highest BCUT2D eigenvalue weighted by atomic mass is 16.2. The number of piperazine rings is 1. The second-order valence-corrected chi connectivity index (χ2v) is 5.16. The minimum Gasteiger partial charge on any atom is -0.340 e. The summed E-state index contributed by atoms with van der Waals surface area (Å²) in [6.07, 6.45) is 3.16. The number of rotatable bonds is 2. The van der Waals surface area contributed by atoms with Gasteiger partial charge in [0.2, 0.25) is 5.91 Å². The molecule has 2 aliphatic heterocycles. The van der Waals surface area contributed by atoms with Crippen molar-refractivity contribution in [3.05, 3.63) is 0 Å². The molecule has 0 aromatic rings. The van der Waals surface area contributed by atoms with Crippen LogP contribution in [0, 0.1) is 0 Å². The lowest BCUT2D eigenvalue weighted by atomic mass is 10.1. The van der Waals surface area contributed by atoms with Crippen LogP contribution in [0.15, 0.2) is 0 Å². The molecule has 0 radical (unpaired) electrons. The van der Waals surface area contributed by atoms with Crippen molar-refractivity contribution >= 4 is 5.91 Å². The van der Waals surface area contributed by atoms with Gasteiger partial charge in [-0.1, -0.05) is 0 Å². The minimum absolute atomic E-state index is 0.354. The Balaban J connectivity index is 1.79. The molecule has 92 valence electrons.